The molecule has 1 N–H and O–H groups in total. The highest BCUT2D eigenvalue weighted by atomic mass is 32.1. The van der Waals surface area contributed by atoms with Gasteiger partial charge in [0, 0.05) is 202 Å². The highest BCUT2D eigenvalue weighted by Crippen LogP contribution is 2.50. The van der Waals surface area contributed by atoms with Crippen molar-refractivity contribution in [1.82, 2.24) is 59.2 Å². The van der Waals surface area contributed by atoms with Gasteiger partial charge in [0.05, 0.1) is 81.9 Å². The van der Waals surface area contributed by atoms with E-state index < -0.39 is 161 Å². The van der Waals surface area contributed by atoms with Gasteiger partial charge in [-0.05, 0) is 102 Å². The predicted molar refractivity (Wildman–Crippen MR) is 512 cm³/mol. The van der Waals surface area contributed by atoms with E-state index >= 15 is 0 Å². The van der Waals surface area contributed by atoms with Gasteiger partial charge in [-0.25, -0.2) is 9.97 Å². The molecule has 0 aliphatic carbocycles. The number of nitrogens with zero attached hydrogens (tertiary/aromatic N) is 14. The quantitative estimate of drug-likeness (QED) is 0.0312. The molecule has 9 aromatic rings. The molecule has 6 atom stereocenters. The van der Waals surface area contributed by atoms with Crippen molar-refractivity contribution >= 4 is 86.8 Å². The van der Waals surface area contributed by atoms with Crippen molar-refractivity contribution in [2.45, 2.75) is 202 Å². The van der Waals surface area contributed by atoms with Gasteiger partial charge in [-0.3, -0.25) is 48.5 Å². The second-order valence-corrected chi connectivity index (χ2v) is 39.3. The molecule has 28 nitrogen and oxygen atoms in total. The number of likely N-dealkylation sites (N-methyl/N-ethyl adjacent to an activating group) is 1. The predicted octanol–water partition coefficient (Wildman–Crippen LogP) is 20.0. The van der Waals surface area contributed by atoms with Crippen LogP contribution in [0.15, 0.2) is 157 Å². The summed E-state index contributed by atoms with van der Waals surface area (Å²) in [4.78, 5) is 128. The number of benzene rings is 2. The zero-order chi connectivity index (χ0) is 108. The lowest BCUT2D eigenvalue weighted by Gasteiger charge is -2.50. The Morgan fingerprint density at radius 2 is 0.738 bits per heavy atom. The van der Waals surface area contributed by atoms with Crippen molar-refractivity contribution in [2.24, 2.45) is 0 Å². The first kappa shape index (κ1) is 114. The number of amides is 6. The lowest BCUT2D eigenvalue weighted by atomic mass is 9.79. The van der Waals surface area contributed by atoms with E-state index in [0.717, 1.165) is 89.0 Å². The maximum absolute atomic E-state index is 14.8. The molecular formula is C100H110F18N14O14S3. The molecule has 0 radical (unpaired) electrons. The van der Waals surface area contributed by atoms with Gasteiger partial charge in [0.15, 0.2) is 5.75 Å². The van der Waals surface area contributed by atoms with Crippen LogP contribution in [-0.2, 0) is 56.2 Å². The molecule has 6 amide bonds. The van der Waals surface area contributed by atoms with Crippen LogP contribution in [0.5, 0.6) is 34.5 Å². The average molecular weight is 2170 g/mol. The smallest absolute Gasteiger partial charge is 0.425 e. The van der Waals surface area contributed by atoms with E-state index in [4.69, 9.17) is 33.5 Å². The molecule has 49 heteroatoms. The van der Waals surface area contributed by atoms with Crippen LogP contribution in [0.3, 0.4) is 0 Å². The standard InChI is InChI=1S/C35H41F6N5O4S.C35H38F6N4O6S.C30H31F6N5O4S/c1-4-8-29-33(50-24-21-30(51-23-24)35(39,40)41,12-7-14-46(29)31(47)25-22-42-13-11-26(25)34(36,37)38)32(48)45-17-15-44(16-18-45)27-9-5-6-10-28(27)49-20-19-43(2)3;1-2-7-28-33(51-23-20-29(52-22-23)35(39,40)41,12-6-14-45(28)31(48)24-21-42-13-11-25(24)34(36,37)38)32(49)44-17-15-43(16-18-44)26-8-3-4-9-27(26)50-19-5-10-30(46)47;1-2-4-24-28(45-20-13-25(46-17-20)30(34,35)36,27(43)40-11-6-19(7-12-40)44-21-14-38-18-39-15-21)8-3-10-41(24)26(42)22-16-37-9-5-23(22)29(31,32)33/h5-6,9-11,13,21-23,29H,4,7-8,12,14-20H2,1-3H3;3-4,8-9,11,13,20-22,28H,2,5-7,10,12,14-19H2,1H3,(H,46,47);5,9,13-19,24H,2-4,6-8,10-12H2,1H3/t29-,33+;28-,33+;24-,28+/m111/s1. The third-order valence-electron chi connectivity index (χ3n) is 26.4. The molecular weight excluding hydrogens is 2060 g/mol. The van der Waals surface area contributed by atoms with Crippen molar-refractivity contribution in [1.29, 1.82) is 0 Å². The number of piperidine rings is 4. The number of carbonyl (C=O) groups is 7. The van der Waals surface area contributed by atoms with Gasteiger partial charge < -0.3 is 77.6 Å². The number of carboxylic acids is 1. The summed E-state index contributed by atoms with van der Waals surface area (Å²) in [7, 11) is 3.89. The Morgan fingerprint density at radius 1 is 0.409 bits per heavy atom. The number of piperazine rings is 2. The topological polar surface area (TPSA) is 289 Å². The van der Waals surface area contributed by atoms with Crippen LogP contribution >= 0.6 is 34.0 Å². The van der Waals surface area contributed by atoms with E-state index in [0.29, 0.717) is 141 Å². The molecule has 6 aliphatic rings. The van der Waals surface area contributed by atoms with E-state index in [2.05, 4.69) is 29.8 Å². The monoisotopic (exact) mass is 2170 g/mol. The molecule has 6 fully saturated rings. The number of hydrogen-bond donors (Lipinski definition) is 1. The van der Waals surface area contributed by atoms with Crippen LogP contribution in [0.2, 0.25) is 0 Å². The Balaban J connectivity index is 0.000000187. The van der Waals surface area contributed by atoms with Crippen LogP contribution < -0.4 is 38.2 Å². The number of anilines is 2. The molecule has 0 spiro atoms. The summed E-state index contributed by atoms with van der Waals surface area (Å²) in [6.45, 7) is 9.35. The van der Waals surface area contributed by atoms with E-state index in [1.165, 1.54) is 43.2 Å². The van der Waals surface area contributed by atoms with Crippen molar-refractivity contribution in [3.63, 3.8) is 0 Å². The first-order valence-electron chi connectivity index (χ1n) is 48.2. The third-order valence-corrected chi connectivity index (χ3v) is 29.2. The minimum absolute atomic E-state index is 0.00385. The number of aliphatic carboxylic acids is 1. The van der Waals surface area contributed by atoms with Crippen LogP contribution in [0, 0.1) is 0 Å². The summed E-state index contributed by atoms with van der Waals surface area (Å²) in [5.74, 6) is -4.53. The van der Waals surface area contributed by atoms with E-state index in [1.807, 2.05) is 60.3 Å². The van der Waals surface area contributed by atoms with Crippen molar-refractivity contribution in [2.75, 3.05) is 129 Å². The average Bonchev–Trinajstić information content (AvgIpc) is 1.59. The Morgan fingerprint density at radius 3 is 1.05 bits per heavy atom. The normalized spacial score (nSPS) is 20.3. The molecule has 0 bridgehead atoms. The largest absolute Gasteiger partial charge is 0.491 e. The molecule has 0 saturated carbocycles. The minimum atomic E-state index is -4.88. The fourth-order valence-corrected chi connectivity index (χ4v) is 21.6. The van der Waals surface area contributed by atoms with Crippen molar-refractivity contribution < 1.29 is 146 Å². The van der Waals surface area contributed by atoms with Gasteiger partial charge in [-0.1, -0.05) is 64.3 Å². The maximum Gasteiger partial charge on any atom is 0.425 e. The maximum atomic E-state index is 14.8. The zero-order valence-corrected chi connectivity index (χ0v) is 83.9. The number of pyridine rings is 3. The highest BCUT2D eigenvalue weighted by Gasteiger charge is 2.61. The summed E-state index contributed by atoms with van der Waals surface area (Å²) < 4.78 is 285. The molecule has 149 heavy (non-hydrogen) atoms. The Kier molecular flexibility index (Phi) is 37.1. The number of thiophene rings is 3. The number of carbonyl (C=O) groups excluding carboxylic acids is 6. The Labute approximate surface area is 857 Å². The van der Waals surface area contributed by atoms with Gasteiger partial charge in [-0.15, -0.1) is 34.0 Å². The second kappa shape index (κ2) is 48.6. The summed E-state index contributed by atoms with van der Waals surface area (Å²) in [6, 6.07) is 16.0. The summed E-state index contributed by atoms with van der Waals surface area (Å²) in [6.07, 6.45) is -15.9. The molecule has 0 unspecified atom stereocenters. The molecule has 6 saturated heterocycles. The Bertz CT molecular complexity index is 6030. The number of aromatic nitrogens is 5. The number of likely N-dealkylation sites (tertiary alicyclic amines) is 4. The Hall–Kier alpha value is -12.5. The fourth-order valence-electron chi connectivity index (χ4n) is 19.5. The minimum Gasteiger partial charge on any atom is -0.491 e. The van der Waals surface area contributed by atoms with Gasteiger partial charge in [-0.2, -0.15) is 79.0 Å². The summed E-state index contributed by atoms with van der Waals surface area (Å²) >= 11 is 1.20. The highest BCUT2D eigenvalue weighted by molar-refractivity contribution is 7.11. The SMILES string of the molecule is CCC[C@H]1N(C(=O)c2cnccc2C(F)(F)F)CCC[C@@]1(Oc1csc(C(F)(F)F)c1)C(=O)N1CCC(Oc2cncnc2)CC1.CCC[C@H]1N(C(=O)c2cnccc2C(F)(F)F)CCC[C@@]1(Oc1csc(C(F)(F)F)c1)C(=O)N1CCN(c2ccccc2OCCCC(=O)O)CC1.CCC[C@H]1N(C(=O)c2cnccc2C(F)(F)F)CCC[C@@]1(Oc1csc(C(F)(F)F)c1)C(=O)N1CCN(c2ccccc2OCCN(C)C)CC1. The first-order chi connectivity index (χ1) is 70.6. The molecule has 6 aliphatic heterocycles. The fraction of sp³-hybridized carbons (Fsp3) is 0.500. The number of carboxylic acid groups (broad SMARTS) is 1. The molecule has 808 valence electrons. The number of rotatable bonds is 31. The molecule has 7 aromatic heterocycles. The number of ether oxygens (including phenoxy) is 6. The van der Waals surface area contributed by atoms with Gasteiger partial charge in [0.25, 0.3) is 35.4 Å². The van der Waals surface area contributed by atoms with Crippen molar-refractivity contribution in [3.05, 3.63) is 205 Å². The van der Waals surface area contributed by atoms with Crippen molar-refractivity contribution in [3.8, 4) is 34.5 Å². The molecule has 2 aromatic carbocycles. The van der Waals surface area contributed by atoms with Crippen LogP contribution in [0.4, 0.5) is 90.4 Å². The molecule has 13 heterocycles. The number of halogens is 18. The summed E-state index contributed by atoms with van der Waals surface area (Å²) in [5, 5.41) is 12.4. The van der Waals surface area contributed by atoms with Crippen LogP contribution in [0.25, 0.3) is 0 Å². The summed E-state index contributed by atoms with van der Waals surface area (Å²) in [5.41, 5.74) is -9.68. The zero-order valence-electron chi connectivity index (χ0n) is 81.5. The lowest BCUT2D eigenvalue weighted by molar-refractivity contribution is -0.161. The van der Waals surface area contributed by atoms with E-state index in [-0.39, 0.29) is 153 Å². The number of alkyl halides is 18. The first-order valence-corrected chi connectivity index (χ1v) is 50.9. The second-order valence-electron chi connectivity index (χ2n) is 36.6. The number of para-hydroxylation sites is 4. The van der Waals surface area contributed by atoms with Crippen LogP contribution in [-0.4, -0.2) is 266 Å². The van der Waals surface area contributed by atoms with Gasteiger partial charge >= 0.3 is 43.0 Å². The third kappa shape index (κ3) is 27.3. The van der Waals surface area contributed by atoms with E-state index in [9.17, 15) is 113 Å². The van der Waals surface area contributed by atoms with Crippen LogP contribution in [0.1, 0.15) is 186 Å². The number of hydrogen-bond acceptors (Lipinski definition) is 24. The van der Waals surface area contributed by atoms with Gasteiger partial charge in [0.1, 0.15) is 62.4 Å². The lowest BCUT2D eigenvalue weighted by Crippen LogP contribution is -2.69. The van der Waals surface area contributed by atoms with Gasteiger partial charge in [0.2, 0.25) is 16.8 Å². The molecule has 15 rings (SSSR count). The van der Waals surface area contributed by atoms with E-state index in [1.54, 1.807) is 37.8 Å².